The van der Waals surface area contributed by atoms with Crippen LogP contribution in [0.5, 0.6) is 11.5 Å². The van der Waals surface area contributed by atoms with Gasteiger partial charge in [0.2, 0.25) is 5.91 Å². The van der Waals surface area contributed by atoms with Crippen molar-refractivity contribution in [2.75, 3.05) is 7.11 Å². The van der Waals surface area contributed by atoms with E-state index in [1.807, 2.05) is 0 Å². The Morgan fingerprint density at radius 1 is 0.968 bits per heavy atom. The van der Waals surface area contributed by atoms with Crippen molar-refractivity contribution >= 4 is 11.7 Å². The molecule has 31 heavy (non-hydrogen) atoms. The summed E-state index contributed by atoms with van der Waals surface area (Å²) in [4.78, 5) is 25.8. The molecule has 162 valence electrons. The fourth-order valence-electron chi connectivity index (χ4n) is 4.65. The molecular weight excluding hydrogens is 390 g/mol. The third kappa shape index (κ3) is 4.09. The van der Waals surface area contributed by atoms with Crippen molar-refractivity contribution in [1.29, 1.82) is 0 Å². The van der Waals surface area contributed by atoms with Gasteiger partial charge in [0.05, 0.1) is 7.11 Å². The number of nitrogens with one attached hydrogen (secondary N) is 1. The Balaban J connectivity index is 1.66. The number of ketones is 1. The number of benzene rings is 2. The molecule has 4 rings (SSSR count). The molecule has 0 spiro atoms. The first-order valence-corrected chi connectivity index (χ1v) is 10.7. The first-order valence-electron chi connectivity index (χ1n) is 10.7. The smallest absolute Gasteiger partial charge is 0.225 e. The second kappa shape index (κ2) is 7.88. The van der Waals surface area contributed by atoms with Crippen LogP contribution in [-0.4, -0.2) is 23.9 Å². The van der Waals surface area contributed by atoms with E-state index in [1.165, 1.54) is 12.7 Å². The summed E-state index contributed by atoms with van der Waals surface area (Å²) in [5.74, 6) is 0.0827. The normalized spacial score (nSPS) is 21.5. The molecule has 5 nitrogen and oxygen atoms in total. The van der Waals surface area contributed by atoms with Crippen LogP contribution >= 0.6 is 0 Å². The van der Waals surface area contributed by atoms with Crippen molar-refractivity contribution in [2.45, 2.75) is 57.3 Å². The number of hydrogen-bond acceptors (Lipinski definition) is 4. The van der Waals surface area contributed by atoms with Crippen molar-refractivity contribution in [3.8, 4) is 11.5 Å². The molecule has 1 aliphatic heterocycles. The molecule has 0 bridgehead atoms. The minimum Gasteiger partial charge on any atom is -0.504 e. The number of amides is 1. The van der Waals surface area contributed by atoms with E-state index in [2.05, 4.69) is 50.4 Å². The van der Waals surface area contributed by atoms with E-state index in [4.69, 9.17) is 4.74 Å². The van der Waals surface area contributed by atoms with Crippen molar-refractivity contribution in [1.82, 2.24) is 5.32 Å². The fraction of sp³-hybridized carbons (Fsp3) is 0.385. The Labute approximate surface area is 183 Å². The molecule has 2 aromatic carbocycles. The number of ether oxygens (including phenoxy) is 1. The maximum Gasteiger partial charge on any atom is 0.225 e. The monoisotopic (exact) mass is 419 g/mol. The van der Waals surface area contributed by atoms with E-state index >= 15 is 0 Å². The molecule has 0 saturated heterocycles. The lowest BCUT2D eigenvalue weighted by Crippen LogP contribution is -2.38. The summed E-state index contributed by atoms with van der Waals surface area (Å²) in [6.07, 6.45) is 1.27. The standard InChI is InChI=1S/C26H29NO4/c1-26(2,3)18-8-5-15(6-9-18)17-11-20-25(22(29)12-17)19(14-24(30)27-20)16-7-10-21(28)23(13-16)31-4/h5-10,13,17,19,28H,11-12,14H2,1-4H3,(H,27,30)/t17-,19+/m1/s1. The maximum atomic E-state index is 13.3. The van der Waals surface area contributed by atoms with Gasteiger partial charge in [0.25, 0.3) is 0 Å². The number of phenols is 1. The van der Waals surface area contributed by atoms with Gasteiger partial charge in [0.1, 0.15) is 0 Å². The molecular formula is C26H29NO4. The summed E-state index contributed by atoms with van der Waals surface area (Å²) < 4.78 is 5.22. The second-order valence-corrected chi connectivity index (χ2v) is 9.53. The molecule has 2 atom stereocenters. The molecule has 0 aromatic heterocycles. The van der Waals surface area contributed by atoms with Gasteiger partial charge in [-0.15, -0.1) is 0 Å². The van der Waals surface area contributed by atoms with Gasteiger partial charge < -0.3 is 15.2 Å². The first kappa shape index (κ1) is 21.2. The summed E-state index contributed by atoms with van der Waals surface area (Å²) in [5.41, 5.74) is 4.68. The van der Waals surface area contributed by atoms with E-state index < -0.39 is 0 Å². The highest BCUT2D eigenvalue weighted by Crippen LogP contribution is 2.44. The lowest BCUT2D eigenvalue weighted by molar-refractivity contribution is -0.122. The maximum absolute atomic E-state index is 13.3. The Morgan fingerprint density at radius 2 is 1.65 bits per heavy atom. The first-order chi connectivity index (χ1) is 14.7. The predicted molar refractivity (Wildman–Crippen MR) is 119 cm³/mol. The number of rotatable bonds is 3. The Kier molecular flexibility index (Phi) is 5.38. The number of aromatic hydroxyl groups is 1. The molecule has 1 aliphatic carbocycles. The number of carbonyl (C=O) groups is 2. The molecule has 0 fully saturated rings. The summed E-state index contributed by atoms with van der Waals surface area (Å²) in [5, 5.41) is 12.9. The van der Waals surface area contributed by atoms with Crippen LogP contribution in [0.15, 0.2) is 53.7 Å². The largest absolute Gasteiger partial charge is 0.504 e. The number of allylic oxidation sites excluding steroid dienone is 2. The molecule has 5 heteroatoms. The number of Topliss-reactive ketones (excluding diaryl/α,β-unsaturated/α-hetero) is 1. The van der Waals surface area contributed by atoms with Crippen LogP contribution < -0.4 is 10.1 Å². The highest BCUT2D eigenvalue weighted by Gasteiger charge is 2.38. The van der Waals surface area contributed by atoms with Gasteiger partial charge in [-0.1, -0.05) is 51.1 Å². The Hall–Kier alpha value is -3.08. The van der Waals surface area contributed by atoms with Crippen LogP contribution in [0.1, 0.15) is 68.6 Å². The molecule has 2 aromatic rings. The molecule has 1 heterocycles. The molecule has 0 unspecified atom stereocenters. The minimum atomic E-state index is -0.324. The van der Waals surface area contributed by atoms with Crippen LogP contribution in [0.25, 0.3) is 0 Å². The van der Waals surface area contributed by atoms with Crippen molar-refractivity contribution < 1.29 is 19.4 Å². The summed E-state index contributed by atoms with van der Waals surface area (Å²) >= 11 is 0. The predicted octanol–water partition coefficient (Wildman–Crippen LogP) is 4.70. The van der Waals surface area contributed by atoms with Crippen LogP contribution in [0, 0.1) is 0 Å². The summed E-state index contributed by atoms with van der Waals surface area (Å²) in [6, 6.07) is 13.5. The highest BCUT2D eigenvalue weighted by molar-refractivity contribution is 6.02. The number of phenolic OH excluding ortho intramolecular Hbond substituents is 1. The van der Waals surface area contributed by atoms with Gasteiger partial charge in [0, 0.05) is 30.0 Å². The average molecular weight is 420 g/mol. The van der Waals surface area contributed by atoms with E-state index in [0.717, 1.165) is 16.8 Å². The van der Waals surface area contributed by atoms with Gasteiger partial charge in [-0.25, -0.2) is 0 Å². The second-order valence-electron chi connectivity index (χ2n) is 9.53. The van der Waals surface area contributed by atoms with E-state index in [9.17, 15) is 14.7 Å². The van der Waals surface area contributed by atoms with Crippen LogP contribution in [0.3, 0.4) is 0 Å². The van der Waals surface area contributed by atoms with E-state index in [0.29, 0.717) is 24.2 Å². The van der Waals surface area contributed by atoms with Gasteiger partial charge in [-0.2, -0.15) is 0 Å². The SMILES string of the molecule is COc1cc([C@@H]2CC(=O)NC3=C2C(=O)C[C@H](c2ccc(C(C)(C)C)cc2)C3)ccc1O. The molecule has 0 saturated carbocycles. The fourth-order valence-corrected chi connectivity index (χ4v) is 4.65. The number of carbonyl (C=O) groups excluding carboxylic acids is 2. The Bertz CT molecular complexity index is 1060. The lowest BCUT2D eigenvalue weighted by atomic mass is 9.73. The molecule has 2 aliphatic rings. The average Bonchev–Trinajstić information content (AvgIpc) is 2.72. The minimum absolute atomic E-state index is 0.0365. The third-order valence-corrected chi connectivity index (χ3v) is 6.39. The van der Waals surface area contributed by atoms with Crippen molar-refractivity contribution in [3.05, 3.63) is 70.4 Å². The van der Waals surface area contributed by atoms with Crippen LogP contribution in [-0.2, 0) is 15.0 Å². The molecule has 0 radical (unpaired) electrons. The quantitative estimate of drug-likeness (QED) is 0.756. The molecule has 2 N–H and O–H groups in total. The van der Waals surface area contributed by atoms with Crippen LogP contribution in [0.2, 0.25) is 0 Å². The van der Waals surface area contributed by atoms with E-state index in [1.54, 1.807) is 18.2 Å². The summed E-state index contributed by atoms with van der Waals surface area (Å²) in [7, 11) is 1.48. The van der Waals surface area contributed by atoms with Crippen molar-refractivity contribution in [3.63, 3.8) is 0 Å². The van der Waals surface area contributed by atoms with Gasteiger partial charge >= 0.3 is 0 Å². The molecule has 1 amide bonds. The summed E-state index contributed by atoms with van der Waals surface area (Å²) in [6.45, 7) is 6.54. The lowest BCUT2D eigenvalue weighted by Gasteiger charge is -2.34. The van der Waals surface area contributed by atoms with Crippen molar-refractivity contribution in [2.24, 2.45) is 0 Å². The zero-order valence-corrected chi connectivity index (χ0v) is 18.5. The highest BCUT2D eigenvalue weighted by atomic mass is 16.5. The number of methoxy groups -OCH3 is 1. The zero-order valence-electron chi connectivity index (χ0n) is 18.5. The van der Waals surface area contributed by atoms with Crippen LogP contribution in [0.4, 0.5) is 0 Å². The Morgan fingerprint density at radius 3 is 2.29 bits per heavy atom. The van der Waals surface area contributed by atoms with E-state index in [-0.39, 0.29) is 41.1 Å². The topological polar surface area (TPSA) is 75.6 Å². The number of hydrogen-bond donors (Lipinski definition) is 2. The van der Waals surface area contributed by atoms with Gasteiger partial charge in [-0.3, -0.25) is 9.59 Å². The zero-order chi connectivity index (χ0) is 22.3. The van der Waals surface area contributed by atoms with Gasteiger partial charge in [0.15, 0.2) is 17.3 Å². The third-order valence-electron chi connectivity index (χ3n) is 6.39. The van der Waals surface area contributed by atoms with Gasteiger partial charge in [-0.05, 0) is 46.6 Å².